The van der Waals surface area contributed by atoms with Gasteiger partial charge in [-0.05, 0) is 37.5 Å². The second kappa shape index (κ2) is 5.26. The van der Waals surface area contributed by atoms with Gasteiger partial charge in [-0.15, -0.1) is 0 Å². The number of primary sulfonamides is 1. The molecule has 1 heterocycles. The molecule has 3 N–H and O–H groups in total. The van der Waals surface area contributed by atoms with Crippen molar-refractivity contribution in [2.45, 2.75) is 30.7 Å². The minimum Gasteiger partial charge on any atom is -0.380 e. The van der Waals surface area contributed by atoms with Gasteiger partial charge < -0.3 is 10.1 Å². The van der Waals surface area contributed by atoms with Gasteiger partial charge in [0.15, 0.2) is 0 Å². The zero-order valence-electron chi connectivity index (χ0n) is 10.3. The smallest absolute Gasteiger partial charge is 0.238 e. The summed E-state index contributed by atoms with van der Waals surface area (Å²) in [6.07, 6.45) is 2.05. The van der Waals surface area contributed by atoms with Crippen LogP contribution < -0.4 is 10.5 Å². The molecule has 2 rings (SSSR count). The first-order valence-electron chi connectivity index (χ1n) is 5.95. The Bertz CT molecular complexity index is 522. The Morgan fingerprint density at radius 2 is 2.22 bits per heavy atom. The van der Waals surface area contributed by atoms with E-state index in [4.69, 9.17) is 9.88 Å². The predicted octanol–water partition coefficient (Wildman–Crippen LogP) is 1.23. The van der Waals surface area contributed by atoms with E-state index in [0.717, 1.165) is 25.1 Å². The second-order valence-electron chi connectivity index (χ2n) is 4.53. The molecule has 1 aliphatic rings. The summed E-state index contributed by atoms with van der Waals surface area (Å²) in [6, 6.07) is 5.30. The molecule has 0 amide bonds. The molecule has 1 fully saturated rings. The zero-order chi connectivity index (χ0) is 13.2. The predicted molar refractivity (Wildman–Crippen MR) is 70.0 cm³/mol. The maximum atomic E-state index is 11.4. The quantitative estimate of drug-likeness (QED) is 0.865. The highest BCUT2D eigenvalue weighted by Crippen LogP contribution is 2.24. The van der Waals surface area contributed by atoms with E-state index in [1.165, 1.54) is 6.07 Å². The maximum absolute atomic E-state index is 11.4. The number of benzene rings is 1. The van der Waals surface area contributed by atoms with Crippen LogP contribution in [0.3, 0.4) is 0 Å². The molecular weight excluding hydrogens is 252 g/mol. The molecule has 18 heavy (non-hydrogen) atoms. The van der Waals surface area contributed by atoms with Crippen LogP contribution in [0, 0.1) is 6.92 Å². The number of sulfonamides is 1. The number of hydrogen-bond donors (Lipinski definition) is 2. The lowest BCUT2D eigenvalue weighted by Gasteiger charge is -2.25. The standard InChI is InChI=1S/C12H18N2O3S/c1-9-11(14-10-4-3-7-17-8-10)5-2-6-12(9)18(13,15)16/h2,5-6,10,14H,3-4,7-8H2,1H3,(H2,13,15,16). The summed E-state index contributed by atoms with van der Waals surface area (Å²) in [5.41, 5.74) is 1.46. The average Bonchev–Trinajstić information content (AvgIpc) is 2.32. The van der Waals surface area contributed by atoms with Crippen molar-refractivity contribution in [2.24, 2.45) is 5.14 Å². The number of ether oxygens (including phenoxy) is 1. The van der Waals surface area contributed by atoms with Crippen LogP contribution in [-0.4, -0.2) is 27.7 Å². The third kappa shape index (κ3) is 3.01. The van der Waals surface area contributed by atoms with E-state index in [1.807, 2.05) is 6.07 Å². The molecule has 0 aromatic heterocycles. The molecule has 0 spiro atoms. The van der Waals surface area contributed by atoms with Gasteiger partial charge >= 0.3 is 0 Å². The first kappa shape index (κ1) is 13.3. The van der Waals surface area contributed by atoms with Gasteiger partial charge in [0.25, 0.3) is 0 Å². The van der Waals surface area contributed by atoms with Crippen LogP contribution in [0.2, 0.25) is 0 Å². The molecule has 1 aromatic carbocycles. The maximum Gasteiger partial charge on any atom is 0.238 e. The normalized spacial score (nSPS) is 20.7. The van der Waals surface area contributed by atoms with Crippen molar-refractivity contribution in [3.63, 3.8) is 0 Å². The minimum atomic E-state index is -3.67. The van der Waals surface area contributed by atoms with Crippen LogP contribution in [0.4, 0.5) is 5.69 Å². The highest BCUT2D eigenvalue weighted by Gasteiger charge is 2.17. The second-order valence-corrected chi connectivity index (χ2v) is 6.06. The van der Waals surface area contributed by atoms with Crippen LogP contribution in [0.1, 0.15) is 18.4 Å². The minimum absolute atomic E-state index is 0.171. The summed E-state index contributed by atoms with van der Waals surface area (Å²) < 4.78 is 28.2. The van der Waals surface area contributed by atoms with E-state index in [9.17, 15) is 8.42 Å². The number of hydrogen-bond acceptors (Lipinski definition) is 4. The molecule has 0 aliphatic carbocycles. The van der Waals surface area contributed by atoms with Gasteiger partial charge in [0.2, 0.25) is 10.0 Å². The van der Waals surface area contributed by atoms with Gasteiger partial charge in [-0.1, -0.05) is 6.07 Å². The van der Waals surface area contributed by atoms with Gasteiger partial charge in [-0.2, -0.15) is 0 Å². The number of rotatable bonds is 3. The summed E-state index contributed by atoms with van der Waals surface area (Å²) in [7, 11) is -3.67. The van der Waals surface area contributed by atoms with Crippen molar-refractivity contribution in [1.82, 2.24) is 0 Å². The molecular formula is C12H18N2O3S. The van der Waals surface area contributed by atoms with Crippen LogP contribution in [0.25, 0.3) is 0 Å². The number of nitrogens with one attached hydrogen (secondary N) is 1. The summed E-state index contributed by atoms with van der Waals surface area (Å²) in [5, 5.41) is 8.50. The lowest BCUT2D eigenvalue weighted by molar-refractivity contribution is 0.0876. The van der Waals surface area contributed by atoms with Crippen LogP contribution >= 0.6 is 0 Å². The first-order chi connectivity index (χ1) is 8.48. The van der Waals surface area contributed by atoms with Crippen molar-refractivity contribution in [3.8, 4) is 0 Å². The van der Waals surface area contributed by atoms with Crippen molar-refractivity contribution < 1.29 is 13.2 Å². The van der Waals surface area contributed by atoms with Crippen molar-refractivity contribution in [1.29, 1.82) is 0 Å². The van der Waals surface area contributed by atoms with Crippen LogP contribution in [0.5, 0.6) is 0 Å². The van der Waals surface area contributed by atoms with Gasteiger partial charge in [0, 0.05) is 18.3 Å². The van der Waals surface area contributed by atoms with Gasteiger partial charge in [0.05, 0.1) is 11.5 Å². The Balaban J connectivity index is 2.23. The van der Waals surface area contributed by atoms with E-state index < -0.39 is 10.0 Å². The van der Waals surface area contributed by atoms with E-state index in [2.05, 4.69) is 5.32 Å². The molecule has 0 bridgehead atoms. The third-order valence-corrected chi connectivity index (χ3v) is 4.17. The first-order valence-corrected chi connectivity index (χ1v) is 7.50. The van der Waals surface area contributed by atoms with Crippen LogP contribution in [0.15, 0.2) is 23.1 Å². The monoisotopic (exact) mass is 270 g/mol. The van der Waals surface area contributed by atoms with E-state index in [-0.39, 0.29) is 10.9 Å². The van der Waals surface area contributed by atoms with E-state index in [0.29, 0.717) is 12.2 Å². The van der Waals surface area contributed by atoms with E-state index >= 15 is 0 Å². The summed E-state index contributed by atoms with van der Waals surface area (Å²) in [6.45, 7) is 3.21. The Morgan fingerprint density at radius 1 is 1.44 bits per heavy atom. The molecule has 1 saturated heterocycles. The SMILES string of the molecule is Cc1c(NC2CCCOC2)cccc1S(N)(=O)=O. The van der Waals surface area contributed by atoms with Gasteiger partial charge in [-0.25, -0.2) is 13.6 Å². The highest BCUT2D eigenvalue weighted by molar-refractivity contribution is 7.89. The molecule has 1 unspecified atom stereocenters. The summed E-state index contributed by atoms with van der Waals surface area (Å²) in [4.78, 5) is 0.171. The Kier molecular flexibility index (Phi) is 3.89. The third-order valence-electron chi connectivity index (χ3n) is 3.11. The fraction of sp³-hybridized carbons (Fsp3) is 0.500. The summed E-state index contributed by atoms with van der Waals surface area (Å²) >= 11 is 0. The zero-order valence-corrected chi connectivity index (χ0v) is 11.2. The molecule has 0 radical (unpaired) electrons. The molecule has 1 atom stereocenters. The average molecular weight is 270 g/mol. The van der Waals surface area contributed by atoms with Gasteiger partial charge in [0.1, 0.15) is 0 Å². The van der Waals surface area contributed by atoms with Crippen LogP contribution in [-0.2, 0) is 14.8 Å². The van der Waals surface area contributed by atoms with Crippen molar-refractivity contribution in [3.05, 3.63) is 23.8 Å². The molecule has 1 aromatic rings. The molecule has 100 valence electrons. The topological polar surface area (TPSA) is 81.4 Å². The molecule has 6 heteroatoms. The number of anilines is 1. The highest BCUT2D eigenvalue weighted by atomic mass is 32.2. The molecule has 0 saturated carbocycles. The van der Waals surface area contributed by atoms with Gasteiger partial charge in [-0.3, -0.25) is 0 Å². The largest absolute Gasteiger partial charge is 0.380 e. The van der Waals surface area contributed by atoms with Crippen molar-refractivity contribution >= 4 is 15.7 Å². The Hall–Kier alpha value is -1.11. The Morgan fingerprint density at radius 3 is 2.83 bits per heavy atom. The fourth-order valence-electron chi connectivity index (χ4n) is 2.15. The van der Waals surface area contributed by atoms with Crippen molar-refractivity contribution in [2.75, 3.05) is 18.5 Å². The van der Waals surface area contributed by atoms with E-state index in [1.54, 1.807) is 13.0 Å². The Labute approximate surface area is 107 Å². The lowest BCUT2D eigenvalue weighted by Crippen LogP contribution is -2.30. The summed E-state index contributed by atoms with van der Waals surface area (Å²) in [5.74, 6) is 0. The molecule has 5 nitrogen and oxygen atoms in total. The lowest BCUT2D eigenvalue weighted by atomic mass is 10.1. The fourth-order valence-corrected chi connectivity index (χ4v) is 2.96. The number of nitrogens with two attached hydrogens (primary N) is 1. The molecule has 1 aliphatic heterocycles.